The fraction of sp³-hybridized carbons (Fsp3) is 0.375. The number of methoxy groups -OCH3 is 1. The molecule has 0 saturated carbocycles. The van der Waals surface area contributed by atoms with E-state index in [9.17, 15) is 22.8 Å². The fourth-order valence-corrected chi connectivity index (χ4v) is 1.97. The average Bonchev–Trinajstić information content (AvgIpc) is 2.44. The molecule has 1 amide bonds. The minimum absolute atomic E-state index is 0.195. The molecule has 23 heavy (non-hydrogen) atoms. The Labute approximate surface area is 132 Å². The van der Waals surface area contributed by atoms with E-state index in [1.54, 1.807) is 6.92 Å². The van der Waals surface area contributed by atoms with Crippen molar-refractivity contribution in [2.45, 2.75) is 32.0 Å². The van der Waals surface area contributed by atoms with Crippen molar-refractivity contribution >= 4 is 11.9 Å². The van der Waals surface area contributed by atoms with E-state index >= 15 is 0 Å². The van der Waals surface area contributed by atoms with Crippen LogP contribution in [-0.4, -0.2) is 25.0 Å². The highest BCUT2D eigenvalue weighted by molar-refractivity contribution is 5.85. The molecule has 0 unspecified atom stereocenters. The number of benzene rings is 1. The number of halogens is 3. The Kier molecular flexibility index (Phi) is 6.36. The van der Waals surface area contributed by atoms with Crippen LogP contribution in [0.15, 0.2) is 36.4 Å². The van der Waals surface area contributed by atoms with Crippen molar-refractivity contribution in [3.63, 3.8) is 0 Å². The maximum atomic E-state index is 12.6. The first-order valence-corrected chi connectivity index (χ1v) is 6.81. The van der Waals surface area contributed by atoms with Crippen LogP contribution in [0.3, 0.4) is 0 Å². The van der Waals surface area contributed by atoms with Gasteiger partial charge >= 0.3 is 12.1 Å². The van der Waals surface area contributed by atoms with E-state index in [1.807, 2.05) is 0 Å². The molecule has 4 nitrogen and oxygen atoms in total. The van der Waals surface area contributed by atoms with Crippen LogP contribution < -0.4 is 5.32 Å². The van der Waals surface area contributed by atoms with Gasteiger partial charge < -0.3 is 10.1 Å². The largest absolute Gasteiger partial charge is 0.467 e. The van der Waals surface area contributed by atoms with E-state index in [0.29, 0.717) is 5.57 Å². The molecule has 0 aliphatic carbocycles. The number of carbonyl (C=O) groups is 2. The summed E-state index contributed by atoms with van der Waals surface area (Å²) in [5.41, 5.74) is 0.0466. The van der Waals surface area contributed by atoms with Gasteiger partial charge in [0, 0.05) is 0 Å². The summed E-state index contributed by atoms with van der Waals surface area (Å²) in [5, 5.41) is 2.45. The number of alkyl halides is 3. The Morgan fingerprint density at radius 1 is 1.35 bits per heavy atom. The lowest BCUT2D eigenvalue weighted by molar-refractivity contribution is -0.145. The van der Waals surface area contributed by atoms with Crippen LogP contribution in [0.1, 0.15) is 24.5 Å². The van der Waals surface area contributed by atoms with Crippen LogP contribution in [-0.2, 0) is 26.9 Å². The van der Waals surface area contributed by atoms with Crippen LogP contribution in [0.25, 0.3) is 0 Å². The fourth-order valence-electron chi connectivity index (χ4n) is 1.97. The Morgan fingerprint density at radius 3 is 2.52 bits per heavy atom. The number of amides is 1. The van der Waals surface area contributed by atoms with Gasteiger partial charge in [-0.15, -0.1) is 6.58 Å². The smallest absolute Gasteiger partial charge is 0.416 e. The molecule has 1 atom stereocenters. The Morgan fingerprint density at radius 2 is 2.00 bits per heavy atom. The Bertz CT molecular complexity index is 596. The molecule has 0 radical (unpaired) electrons. The average molecular weight is 329 g/mol. The molecule has 0 aromatic heterocycles. The van der Waals surface area contributed by atoms with Gasteiger partial charge in [0.1, 0.15) is 6.04 Å². The van der Waals surface area contributed by atoms with E-state index < -0.39 is 29.7 Å². The quantitative estimate of drug-likeness (QED) is 0.645. The summed E-state index contributed by atoms with van der Waals surface area (Å²) in [5.74, 6) is -1.20. The van der Waals surface area contributed by atoms with Crippen molar-refractivity contribution in [2.75, 3.05) is 7.11 Å². The van der Waals surface area contributed by atoms with Gasteiger partial charge in [-0.1, -0.05) is 23.8 Å². The van der Waals surface area contributed by atoms with Crippen LogP contribution in [0.5, 0.6) is 0 Å². The molecule has 1 rings (SSSR count). The van der Waals surface area contributed by atoms with E-state index in [-0.39, 0.29) is 18.4 Å². The van der Waals surface area contributed by atoms with Crippen LogP contribution in [0, 0.1) is 0 Å². The third kappa shape index (κ3) is 6.14. The molecule has 1 aromatic rings. The molecule has 126 valence electrons. The van der Waals surface area contributed by atoms with Crippen LogP contribution in [0.2, 0.25) is 0 Å². The van der Waals surface area contributed by atoms with Gasteiger partial charge in [-0.05, 0) is 25.0 Å². The second-order valence-electron chi connectivity index (χ2n) is 5.18. The van der Waals surface area contributed by atoms with Crippen LogP contribution in [0.4, 0.5) is 13.2 Å². The minimum atomic E-state index is -4.47. The lowest BCUT2D eigenvalue weighted by atomic mass is 10.1. The zero-order chi connectivity index (χ0) is 17.6. The first-order chi connectivity index (χ1) is 10.6. The molecule has 1 N–H and O–H groups in total. The summed E-state index contributed by atoms with van der Waals surface area (Å²) in [6.07, 6.45) is -4.55. The predicted molar refractivity (Wildman–Crippen MR) is 78.5 cm³/mol. The van der Waals surface area contributed by atoms with E-state index in [0.717, 1.165) is 12.1 Å². The maximum Gasteiger partial charge on any atom is 0.416 e. The SMILES string of the molecule is C=C(C)C[C@H](NC(=O)Cc1cccc(C(F)(F)F)c1)C(=O)OC. The lowest BCUT2D eigenvalue weighted by Crippen LogP contribution is -2.42. The first-order valence-electron chi connectivity index (χ1n) is 6.81. The van der Waals surface area contributed by atoms with Gasteiger partial charge in [-0.3, -0.25) is 4.79 Å². The third-order valence-electron chi connectivity index (χ3n) is 2.99. The molecule has 0 saturated heterocycles. The van der Waals surface area contributed by atoms with Crippen molar-refractivity contribution in [1.82, 2.24) is 5.32 Å². The monoisotopic (exact) mass is 329 g/mol. The van der Waals surface area contributed by atoms with Crippen molar-refractivity contribution in [3.05, 3.63) is 47.5 Å². The minimum Gasteiger partial charge on any atom is -0.467 e. The molecule has 0 bridgehead atoms. The van der Waals surface area contributed by atoms with Gasteiger partial charge in [-0.2, -0.15) is 13.2 Å². The van der Waals surface area contributed by atoms with Crippen molar-refractivity contribution in [1.29, 1.82) is 0 Å². The van der Waals surface area contributed by atoms with Gasteiger partial charge in [0.25, 0.3) is 0 Å². The first kappa shape index (κ1) is 18.7. The predicted octanol–water partition coefficient (Wildman–Crippen LogP) is 2.87. The van der Waals surface area contributed by atoms with Gasteiger partial charge in [0.2, 0.25) is 5.91 Å². The number of carbonyl (C=O) groups excluding carboxylic acids is 2. The number of esters is 1. The zero-order valence-electron chi connectivity index (χ0n) is 12.9. The van der Waals surface area contributed by atoms with Crippen molar-refractivity contribution < 1.29 is 27.5 Å². The summed E-state index contributed by atoms with van der Waals surface area (Å²) >= 11 is 0. The number of hydrogen-bond acceptors (Lipinski definition) is 3. The van der Waals surface area contributed by atoms with E-state index in [2.05, 4.69) is 16.6 Å². The molecule has 0 fully saturated rings. The standard InChI is InChI=1S/C16H18F3NO3/c1-10(2)7-13(15(22)23-3)20-14(21)9-11-5-4-6-12(8-11)16(17,18)19/h4-6,8,13H,1,7,9H2,2-3H3,(H,20,21)/t13-/m0/s1. The molecular formula is C16H18F3NO3. The highest BCUT2D eigenvalue weighted by Gasteiger charge is 2.30. The summed E-state index contributed by atoms with van der Waals surface area (Å²) in [6, 6.07) is 3.58. The van der Waals surface area contributed by atoms with E-state index in [4.69, 9.17) is 0 Å². The summed E-state index contributed by atoms with van der Waals surface area (Å²) < 4.78 is 42.5. The zero-order valence-corrected chi connectivity index (χ0v) is 12.9. The Balaban J connectivity index is 2.78. The number of hydrogen-bond donors (Lipinski definition) is 1. The second kappa shape index (κ2) is 7.80. The molecular weight excluding hydrogens is 311 g/mol. The van der Waals surface area contributed by atoms with Gasteiger partial charge in [0.15, 0.2) is 0 Å². The maximum absolute atomic E-state index is 12.6. The normalized spacial score (nSPS) is 12.4. The number of ether oxygens (including phenoxy) is 1. The molecule has 0 aliphatic rings. The summed E-state index contributed by atoms with van der Waals surface area (Å²) in [6.45, 7) is 5.35. The number of nitrogens with one attached hydrogen (secondary N) is 1. The molecule has 0 aliphatic heterocycles. The van der Waals surface area contributed by atoms with E-state index in [1.165, 1.54) is 19.2 Å². The molecule has 7 heteroatoms. The Hall–Kier alpha value is -2.31. The summed E-state index contributed by atoms with van der Waals surface area (Å²) in [7, 11) is 1.19. The molecule has 1 aromatic carbocycles. The van der Waals surface area contributed by atoms with Crippen LogP contribution >= 0.6 is 0 Å². The highest BCUT2D eigenvalue weighted by Crippen LogP contribution is 2.29. The molecule has 0 spiro atoms. The van der Waals surface area contributed by atoms with Crippen molar-refractivity contribution in [2.24, 2.45) is 0 Å². The highest BCUT2D eigenvalue weighted by atomic mass is 19.4. The van der Waals surface area contributed by atoms with Gasteiger partial charge in [-0.25, -0.2) is 4.79 Å². The lowest BCUT2D eigenvalue weighted by Gasteiger charge is -2.16. The molecule has 0 heterocycles. The van der Waals surface area contributed by atoms with Crippen molar-refractivity contribution in [3.8, 4) is 0 Å². The number of rotatable bonds is 6. The van der Waals surface area contributed by atoms with Gasteiger partial charge in [0.05, 0.1) is 19.1 Å². The second-order valence-corrected chi connectivity index (χ2v) is 5.18. The summed E-state index contributed by atoms with van der Waals surface area (Å²) in [4.78, 5) is 23.6. The topological polar surface area (TPSA) is 55.4 Å². The third-order valence-corrected chi connectivity index (χ3v) is 2.99.